The number of aryl methyl sites for hydroxylation is 1. The maximum absolute atomic E-state index is 10.5. The van der Waals surface area contributed by atoms with Crippen LogP contribution in [-0.4, -0.2) is 11.0 Å². The van der Waals surface area contributed by atoms with E-state index in [9.17, 15) is 9.90 Å². The lowest BCUT2D eigenvalue weighted by atomic mass is 10.1. The molecule has 106 valence electrons. The fourth-order valence-corrected chi connectivity index (χ4v) is 2.58. The van der Waals surface area contributed by atoms with Gasteiger partial charge in [-0.3, -0.25) is 0 Å². The quantitative estimate of drug-likeness (QED) is 0.850. The number of thiazole rings is 1. The lowest BCUT2D eigenvalue weighted by Crippen LogP contribution is -2.24. The predicted octanol–water partition coefficient (Wildman–Crippen LogP) is 2.52. The van der Waals surface area contributed by atoms with Gasteiger partial charge in [-0.05, 0) is 30.5 Å². The summed E-state index contributed by atoms with van der Waals surface area (Å²) in [6.07, 6.45) is 3.35. The van der Waals surface area contributed by atoms with Gasteiger partial charge in [0, 0.05) is 23.5 Å². The standard InChI is InChI=1S/C15H18N2O2S/c1-2-3-4-11-5-7-12(8-6-11)16-15-17-13(10-20-15)9-14(18)19/h5-8,10H,2-4,9H2,1H3,(H,16,17)(H,18,19)/p-1. The fourth-order valence-electron chi connectivity index (χ4n) is 1.85. The van der Waals surface area contributed by atoms with Gasteiger partial charge in [0.2, 0.25) is 0 Å². The molecule has 2 rings (SSSR count). The van der Waals surface area contributed by atoms with Gasteiger partial charge in [0.05, 0.1) is 5.69 Å². The zero-order valence-corrected chi connectivity index (χ0v) is 12.2. The Morgan fingerprint density at radius 3 is 2.75 bits per heavy atom. The van der Waals surface area contributed by atoms with Gasteiger partial charge in [-0.2, -0.15) is 0 Å². The first kappa shape index (κ1) is 14.5. The molecule has 1 aromatic carbocycles. The third-order valence-electron chi connectivity index (χ3n) is 2.90. The van der Waals surface area contributed by atoms with Gasteiger partial charge in [0.25, 0.3) is 0 Å². The van der Waals surface area contributed by atoms with Gasteiger partial charge >= 0.3 is 0 Å². The number of hydrogen-bond donors (Lipinski definition) is 1. The summed E-state index contributed by atoms with van der Waals surface area (Å²) < 4.78 is 0. The highest BCUT2D eigenvalue weighted by Crippen LogP contribution is 2.21. The molecule has 0 aliphatic rings. The Balaban J connectivity index is 1.95. The maximum Gasteiger partial charge on any atom is 0.187 e. The molecule has 1 aromatic heterocycles. The summed E-state index contributed by atoms with van der Waals surface area (Å²) in [4.78, 5) is 14.7. The van der Waals surface area contributed by atoms with E-state index in [2.05, 4.69) is 29.4 Å². The lowest BCUT2D eigenvalue weighted by Gasteiger charge is -2.04. The molecule has 0 radical (unpaired) electrons. The zero-order valence-electron chi connectivity index (χ0n) is 11.4. The van der Waals surface area contributed by atoms with E-state index >= 15 is 0 Å². The van der Waals surface area contributed by atoms with Gasteiger partial charge in [-0.25, -0.2) is 4.98 Å². The molecule has 4 nitrogen and oxygen atoms in total. The highest BCUT2D eigenvalue weighted by atomic mass is 32.1. The number of unbranched alkanes of at least 4 members (excludes halogenated alkanes) is 1. The number of anilines is 2. The summed E-state index contributed by atoms with van der Waals surface area (Å²) in [5.74, 6) is -1.11. The highest BCUT2D eigenvalue weighted by molar-refractivity contribution is 7.13. The maximum atomic E-state index is 10.5. The summed E-state index contributed by atoms with van der Waals surface area (Å²) in [7, 11) is 0. The Kier molecular flexibility index (Phi) is 5.12. The van der Waals surface area contributed by atoms with E-state index in [4.69, 9.17) is 0 Å². The zero-order chi connectivity index (χ0) is 14.4. The van der Waals surface area contributed by atoms with Crippen LogP contribution in [0.25, 0.3) is 0 Å². The normalized spacial score (nSPS) is 10.4. The molecule has 0 atom stereocenters. The van der Waals surface area contributed by atoms with E-state index < -0.39 is 5.97 Å². The van der Waals surface area contributed by atoms with Crippen LogP contribution in [0.4, 0.5) is 10.8 Å². The van der Waals surface area contributed by atoms with E-state index in [1.807, 2.05) is 12.1 Å². The molecule has 0 unspecified atom stereocenters. The molecule has 0 bridgehead atoms. The van der Waals surface area contributed by atoms with Crippen molar-refractivity contribution >= 4 is 28.1 Å². The van der Waals surface area contributed by atoms with E-state index in [1.54, 1.807) is 5.38 Å². The van der Waals surface area contributed by atoms with Gasteiger partial charge in [-0.1, -0.05) is 25.5 Å². The van der Waals surface area contributed by atoms with Crippen molar-refractivity contribution in [1.82, 2.24) is 4.98 Å². The second kappa shape index (κ2) is 7.05. The summed E-state index contributed by atoms with van der Waals surface area (Å²) in [5, 5.41) is 16.1. The Bertz CT molecular complexity index is 564. The molecule has 0 spiro atoms. The highest BCUT2D eigenvalue weighted by Gasteiger charge is 2.03. The number of carboxylic acid groups (broad SMARTS) is 1. The van der Waals surface area contributed by atoms with Crippen LogP contribution in [0.3, 0.4) is 0 Å². The van der Waals surface area contributed by atoms with Crippen molar-refractivity contribution < 1.29 is 9.90 Å². The SMILES string of the molecule is CCCCc1ccc(Nc2nc(CC(=O)[O-])cs2)cc1. The molecule has 0 saturated heterocycles. The van der Waals surface area contributed by atoms with Crippen molar-refractivity contribution in [1.29, 1.82) is 0 Å². The van der Waals surface area contributed by atoms with Gasteiger partial charge in [0.15, 0.2) is 5.13 Å². The number of carboxylic acids is 1. The number of carbonyl (C=O) groups is 1. The van der Waals surface area contributed by atoms with E-state index in [0.717, 1.165) is 12.1 Å². The van der Waals surface area contributed by atoms with Crippen LogP contribution in [0.1, 0.15) is 31.0 Å². The van der Waals surface area contributed by atoms with Crippen LogP contribution < -0.4 is 10.4 Å². The van der Waals surface area contributed by atoms with Crippen LogP contribution in [0.5, 0.6) is 0 Å². The first-order chi connectivity index (χ1) is 9.67. The van der Waals surface area contributed by atoms with Crippen molar-refractivity contribution in [3.63, 3.8) is 0 Å². The van der Waals surface area contributed by atoms with Crippen molar-refractivity contribution in [2.45, 2.75) is 32.6 Å². The first-order valence-corrected chi connectivity index (χ1v) is 7.55. The van der Waals surface area contributed by atoms with Crippen LogP contribution in [0.15, 0.2) is 29.6 Å². The number of rotatable bonds is 7. The van der Waals surface area contributed by atoms with Crippen LogP contribution >= 0.6 is 11.3 Å². The molecule has 0 fully saturated rings. The van der Waals surface area contributed by atoms with Crippen molar-refractivity contribution in [2.75, 3.05) is 5.32 Å². The molecule has 0 aliphatic heterocycles. The van der Waals surface area contributed by atoms with Crippen LogP contribution in [0, 0.1) is 0 Å². The minimum Gasteiger partial charge on any atom is -0.550 e. The average molecular weight is 289 g/mol. The number of carbonyl (C=O) groups excluding carboxylic acids is 1. The Hall–Kier alpha value is -1.88. The van der Waals surface area contributed by atoms with E-state index in [-0.39, 0.29) is 6.42 Å². The largest absolute Gasteiger partial charge is 0.550 e. The number of aliphatic carboxylic acids is 1. The second-order valence-electron chi connectivity index (χ2n) is 4.62. The number of aromatic nitrogens is 1. The lowest BCUT2D eigenvalue weighted by molar-refractivity contribution is -0.304. The number of hydrogen-bond acceptors (Lipinski definition) is 5. The summed E-state index contributed by atoms with van der Waals surface area (Å²) in [6, 6.07) is 8.25. The molecule has 0 amide bonds. The minimum atomic E-state index is -1.11. The smallest absolute Gasteiger partial charge is 0.187 e. The molecule has 20 heavy (non-hydrogen) atoms. The fraction of sp³-hybridized carbons (Fsp3) is 0.333. The molecular formula is C15H17N2O2S-. The number of nitrogens with zero attached hydrogens (tertiary/aromatic N) is 1. The minimum absolute atomic E-state index is 0.145. The molecule has 0 saturated carbocycles. The molecule has 2 aromatic rings. The van der Waals surface area contributed by atoms with Crippen molar-refractivity contribution in [2.24, 2.45) is 0 Å². The van der Waals surface area contributed by atoms with Gasteiger partial charge < -0.3 is 15.2 Å². The van der Waals surface area contributed by atoms with Crippen LogP contribution in [0.2, 0.25) is 0 Å². The predicted molar refractivity (Wildman–Crippen MR) is 79.2 cm³/mol. The molecule has 1 N–H and O–H groups in total. The van der Waals surface area contributed by atoms with Crippen molar-refractivity contribution in [3.8, 4) is 0 Å². The van der Waals surface area contributed by atoms with Gasteiger partial charge in [0.1, 0.15) is 0 Å². The van der Waals surface area contributed by atoms with Crippen LogP contribution in [-0.2, 0) is 17.6 Å². The second-order valence-corrected chi connectivity index (χ2v) is 5.48. The molecule has 1 heterocycles. The molecular weight excluding hydrogens is 272 g/mol. The van der Waals surface area contributed by atoms with Crippen molar-refractivity contribution in [3.05, 3.63) is 40.9 Å². The monoisotopic (exact) mass is 289 g/mol. The molecule has 0 aliphatic carbocycles. The first-order valence-electron chi connectivity index (χ1n) is 6.67. The Morgan fingerprint density at radius 1 is 1.35 bits per heavy atom. The summed E-state index contributed by atoms with van der Waals surface area (Å²) >= 11 is 1.39. The van der Waals surface area contributed by atoms with E-state index in [0.29, 0.717) is 10.8 Å². The number of nitrogens with one attached hydrogen (secondary N) is 1. The third-order valence-corrected chi connectivity index (χ3v) is 3.71. The topological polar surface area (TPSA) is 65.0 Å². The summed E-state index contributed by atoms with van der Waals surface area (Å²) in [5.41, 5.74) is 2.81. The van der Waals surface area contributed by atoms with Gasteiger partial charge in [-0.15, -0.1) is 11.3 Å². The van der Waals surface area contributed by atoms with E-state index in [1.165, 1.54) is 29.7 Å². The summed E-state index contributed by atoms with van der Waals surface area (Å²) in [6.45, 7) is 2.18. The Morgan fingerprint density at radius 2 is 2.10 bits per heavy atom. The third kappa shape index (κ3) is 4.35. The molecule has 5 heteroatoms. The average Bonchev–Trinajstić information content (AvgIpc) is 2.84. The Labute approximate surface area is 122 Å². The number of benzene rings is 1.